The summed E-state index contributed by atoms with van der Waals surface area (Å²) in [4.78, 5) is 15.7. The summed E-state index contributed by atoms with van der Waals surface area (Å²) in [6.45, 7) is 7.50. The van der Waals surface area contributed by atoms with E-state index < -0.39 is 0 Å². The second kappa shape index (κ2) is 10.1. The van der Waals surface area contributed by atoms with Crippen LogP contribution in [0, 0.1) is 5.92 Å². The van der Waals surface area contributed by atoms with Crippen LogP contribution >= 0.6 is 24.8 Å². The van der Waals surface area contributed by atoms with Crippen molar-refractivity contribution in [3.05, 3.63) is 18.2 Å². The molecule has 0 bridgehead atoms. The van der Waals surface area contributed by atoms with Gasteiger partial charge in [0.25, 0.3) is 0 Å². The fourth-order valence-electron chi connectivity index (χ4n) is 1.61. The van der Waals surface area contributed by atoms with E-state index in [0.29, 0.717) is 18.9 Å². The molecule has 1 aromatic heterocycles. The van der Waals surface area contributed by atoms with Crippen molar-refractivity contribution in [2.75, 3.05) is 0 Å². The zero-order valence-electron chi connectivity index (χ0n) is 11.6. The number of hydrogen-bond donors (Lipinski definition) is 2. The minimum absolute atomic E-state index is 0. The van der Waals surface area contributed by atoms with E-state index in [4.69, 9.17) is 5.73 Å². The van der Waals surface area contributed by atoms with Crippen molar-refractivity contribution >= 4 is 30.7 Å². The molecule has 19 heavy (non-hydrogen) atoms. The SMILES string of the molecule is CC(C)Cn1ccnc1CNC(=O)CC(C)N.Cl.Cl. The van der Waals surface area contributed by atoms with Gasteiger partial charge in [-0.3, -0.25) is 4.79 Å². The van der Waals surface area contributed by atoms with Crippen LogP contribution in [0.25, 0.3) is 0 Å². The van der Waals surface area contributed by atoms with Crippen molar-refractivity contribution in [1.29, 1.82) is 0 Å². The molecule has 7 heteroatoms. The lowest BCUT2D eigenvalue weighted by molar-refractivity contribution is -0.121. The van der Waals surface area contributed by atoms with Gasteiger partial charge in [-0.15, -0.1) is 24.8 Å². The first-order valence-corrected chi connectivity index (χ1v) is 6.01. The molecule has 1 amide bonds. The number of rotatable bonds is 6. The van der Waals surface area contributed by atoms with Crippen LogP contribution in [0.1, 0.15) is 33.0 Å². The number of carbonyl (C=O) groups is 1. The number of aromatic nitrogens is 2. The van der Waals surface area contributed by atoms with Crippen LogP contribution in [-0.4, -0.2) is 21.5 Å². The first-order valence-electron chi connectivity index (χ1n) is 6.01. The maximum Gasteiger partial charge on any atom is 0.221 e. The van der Waals surface area contributed by atoms with Crippen molar-refractivity contribution in [1.82, 2.24) is 14.9 Å². The molecule has 0 saturated carbocycles. The minimum atomic E-state index is -0.106. The summed E-state index contributed by atoms with van der Waals surface area (Å²) in [6.07, 6.45) is 4.05. The molecular formula is C12H24Cl2N4O. The van der Waals surface area contributed by atoms with Gasteiger partial charge in [-0.1, -0.05) is 13.8 Å². The van der Waals surface area contributed by atoms with Gasteiger partial charge in [0.1, 0.15) is 5.82 Å². The van der Waals surface area contributed by atoms with Gasteiger partial charge in [-0.2, -0.15) is 0 Å². The molecule has 112 valence electrons. The molecule has 0 aliphatic rings. The summed E-state index contributed by atoms with van der Waals surface area (Å²) in [5.41, 5.74) is 5.56. The Morgan fingerprint density at radius 3 is 2.58 bits per heavy atom. The van der Waals surface area contributed by atoms with Crippen LogP contribution in [0.15, 0.2) is 12.4 Å². The first kappa shape index (κ1) is 20.5. The lowest BCUT2D eigenvalue weighted by Gasteiger charge is -2.11. The van der Waals surface area contributed by atoms with Gasteiger partial charge < -0.3 is 15.6 Å². The molecule has 0 spiro atoms. The van der Waals surface area contributed by atoms with E-state index >= 15 is 0 Å². The number of nitrogens with zero attached hydrogens (tertiary/aromatic N) is 2. The predicted octanol–water partition coefficient (Wildman–Crippen LogP) is 1.74. The predicted molar refractivity (Wildman–Crippen MR) is 81.7 cm³/mol. The zero-order chi connectivity index (χ0) is 12.8. The Kier molecular flexibility index (Phi) is 10.9. The van der Waals surface area contributed by atoms with Crippen molar-refractivity contribution in [3.63, 3.8) is 0 Å². The maximum atomic E-state index is 11.5. The van der Waals surface area contributed by atoms with Crippen LogP contribution < -0.4 is 11.1 Å². The average molecular weight is 311 g/mol. The Bertz CT molecular complexity index is 366. The van der Waals surface area contributed by atoms with E-state index in [1.54, 1.807) is 6.20 Å². The maximum absolute atomic E-state index is 11.5. The lowest BCUT2D eigenvalue weighted by atomic mass is 10.2. The average Bonchev–Trinajstić information content (AvgIpc) is 2.60. The van der Waals surface area contributed by atoms with Crippen molar-refractivity contribution in [3.8, 4) is 0 Å². The molecule has 0 radical (unpaired) electrons. The molecule has 0 aromatic carbocycles. The van der Waals surface area contributed by atoms with Crippen LogP contribution in [-0.2, 0) is 17.9 Å². The third-order valence-corrected chi connectivity index (χ3v) is 2.31. The quantitative estimate of drug-likeness (QED) is 0.840. The monoisotopic (exact) mass is 310 g/mol. The highest BCUT2D eigenvalue weighted by molar-refractivity contribution is 5.85. The molecule has 1 heterocycles. The van der Waals surface area contributed by atoms with Gasteiger partial charge in [0.15, 0.2) is 0 Å². The van der Waals surface area contributed by atoms with Crippen molar-refractivity contribution in [2.45, 2.75) is 46.3 Å². The third kappa shape index (κ3) is 8.08. The fourth-order valence-corrected chi connectivity index (χ4v) is 1.61. The molecule has 0 fully saturated rings. The highest BCUT2D eigenvalue weighted by atomic mass is 35.5. The van der Waals surface area contributed by atoms with Crippen LogP contribution in [0.2, 0.25) is 0 Å². The van der Waals surface area contributed by atoms with E-state index in [-0.39, 0.29) is 36.8 Å². The largest absolute Gasteiger partial charge is 0.349 e. The minimum Gasteiger partial charge on any atom is -0.349 e. The molecule has 3 N–H and O–H groups in total. The molecule has 1 aromatic rings. The number of halogens is 2. The van der Waals surface area contributed by atoms with Gasteiger partial charge >= 0.3 is 0 Å². The van der Waals surface area contributed by atoms with E-state index in [1.807, 2.05) is 13.1 Å². The molecular weight excluding hydrogens is 287 g/mol. The smallest absolute Gasteiger partial charge is 0.221 e. The van der Waals surface area contributed by atoms with E-state index in [2.05, 4.69) is 28.7 Å². The Morgan fingerprint density at radius 1 is 1.42 bits per heavy atom. The summed E-state index contributed by atoms with van der Waals surface area (Å²) in [5, 5.41) is 2.83. The Hall–Kier alpha value is -0.780. The van der Waals surface area contributed by atoms with E-state index in [0.717, 1.165) is 12.4 Å². The Morgan fingerprint density at radius 2 is 2.05 bits per heavy atom. The fraction of sp³-hybridized carbons (Fsp3) is 0.667. The summed E-state index contributed by atoms with van der Waals surface area (Å²) >= 11 is 0. The van der Waals surface area contributed by atoms with Crippen molar-refractivity contribution in [2.24, 2.45) is 11.7 Å². The van der Waals surface area contributed by atoms with Gasteiger partial charge in [-0.25, -0.2) is 4.98 Å². The normalized spacial score (nSPS) is 11.4. The van der Waals surface area contributed by atoms with Crippen LogP contribution in [0.4, 0.5) is 0 Å². The topological polar surface area (TPSA) is 72.9 Å². The van der Waals surface area contributed by atoms with Crippen LogP contribution in [0.5, 0.6) is 0 Å². The molecule has 1 unspecified atom stereocenters. The molecule has 5 nitrogen and oxygen atoms in total. The first-order chi connectivity index (χ1) is 7.99. The lowest BCUT2D eigenvalue weighted by Crippen LogP contribution is -2.30. The second-order valence-electron chi connectivity index (χ2n) is 4.85. The van der Waals surface area contributed by atoms with Gasteiger partial charge in [0.2, 0.25) is 5.91 Å². The third-order valence-electron chi connectivity index (χ3n) is 2.31. The number of nitrogens with one attached hydrogen (secondary N) is 1. The summed E-state index contributed by atoms with van der Waals surface area (Å²) < 4.78 is 2.07. The summed E-state index contributed by atoms with van der Waals surface area (Å²) in [5.74, 6) is 1.42. The van der Waals surface area contributed by atoms with Gasteiger partial charge in [0, 0.05) is 31.4 Å². The Labute approximate surface area is 127 Å². The van der Waals surface area contributed by atoms with E-state index in [9.17, 15) is 4.79 Å². The standard InChI is InChI=1S/C12H22N4O.2ClH/c1-9(2)8-16-5-4-14-11(16)7-15-12(17)6-10(3)13;;/h4-5,9-10H,6-8,13H2,1-3H3,(H,15,17);2*1H. The molecule has 1 atom stereocenters. The number of carbonyl (C=O) groups excluding carboxylic acids is 1. The Balaban J connectivity index is 0. The van der Waals surface area contributed by atoms with Crippen molar-refractivity contribution < 1.29 is 4.79 Å². The molecule has 0 saturated heterocycles. The van der Waals surface area contributed by atoms with Gasteiger partial charge in [0.05, 0.1) is 6.54 Å². The number of amides is 1. The van der Waals surface area contributed by atoms with Crippen LogP contribution in [0.3, 0.4) is 0 Å². The van der Waals surface area contributed by atoms with Gasteiger partial charge in [-0.05, 0) is 12.8 Å². The number of hydrogen-bond acceptors (Lipinski definition) is 3. The second-order valence-corrected chi connectivity index (χ2v) is 4.85. The number of imidazole rings is 1. The molecule has 0 aliphatic carbocycles. The highest BCUT2D eigenvalue weighted by Crippen LogP contribution is 2.03. The number of nitrogens with two attached hydrogens (primary N) is 1. The van der Waals surface area contributed by atoms with E-state index in [1.165, 1.54) is 0 Å². The highest BCUT2D eigenvalue weighted by Gasteiger charge is 2.08. The summed E-state index contributed by atoms with van der Waals surface area (Å²) in [6, 6.07) is -0.106. The summed E-state index contributed by atoms with van der Waals surface area (Å²) in [7, 11) is 0. The molecule has 1 rings (SSSR count). The molecule has 0 aliphatic heterocycles. The zero-order valence-corrected chi connectivity index (χ0v) is 13.3.